The molecular weight excluding hydrogens is 339 g/mol. The molecule has 1 aliphatic rings. The molecule has 0 saturated carbocycles. The molecule has 0 bridgehead atoms. The van der Waals surface area contributed by atoms with Crippen LogP contribution in [0.5, 0.6) is 0 Å². The van der Waals surface area contributed by atoms with Crippen LogP contribution in [0.3, 0.4) is 0 Å². The van der Waals surface area contributed by atoms with Crippen LogP contribution in [-0.4, -0.2) is 92.6 Å². The number of hydrogen-bond acceptors (Lipinski definition) is 9. The van der Waals surface area contributed by atoms with Crippen LogP contribution in [0.1, 0.15) is 12.6 Å². The first kappa shape index (κ1) is 22.7. The molecule has 0 aliphatic carbocycles. The standard InChI is InChI=1S/C9H14N3O7P.2Na/c10-7-1-2-12(9(14)11-7)8-3-5(13)6(19-8)4-18-20(15,16)17;;/h1-2,5-6,8,13H,3-4H2,(H2,10,11,14)(H2,15,16,17);;/p-2/t5-,6+,8+;;/m0../s1. The van der Waals surface area contributed by atoms with Gasteiger partial charge in [0.05, 0.1) is 20.5 Å². The van der Waals surface area contributed by atoms with Crippen LogP contribution >= 0.6 is 7.82 Å². The van der Waals surface area contributed by atoms with Crippen molar-refractivity contribution >= 4 is 72.8 Å². The first-order valence-electron chi connectivity index (χ1n) is 5.61. The number of aromatic nitrogens is 2. The van der Waals surface area contributed by atoms with E-state index in [2.05, 4.69) is 9.51 Å². The molecule has 0 aromatic carbocycles. The van der Waals surface area contributed by atoms with Gasteiger partial charge in [0, 0.05) is 71.7 Å². The molecule has 10 nitrogen and oxygen atoms in total. The van der Waals surface area contributed by atoms with Gasteiger partial charge in [0.1, 0.15) is 18.1 Å². The average molecular weight is 351 g/mol. The minimum Gasteiger partial charge on any atom is -0.790 e. The number of ether oxygens (including phenoxy) is 1. The number of aliphatic hydroxyl groups excluding tert-OH is 1. The number of phosphoric ester groups is 1. The zero-order chi connectivity index (χ0) is 14.9. The first-order chi connectivity index (χ1) is 9.26. The quantitative estimate of drug-likeness (QED) is 0.415. The monoisotopic (exact) mass is 351 g/mol. The molecular formula is C9H12N3Na2O7P-2. The Bertz CT molecular complexity index is 595. The topological polar surface area (TPSA) is 163 Å². The van der Waals surface area contributed by atoms with Crippen LogP contribution in [0.25, 0.3) is 0 Å². The Labute approximate surface area is 169 Å². The molecule has 2 heterocycles. The maximum Gasteiger partial charge on any atom is 0.351 e. The van der Waals surface area contributed by atoms with Gasteiger partial charge in [-0.25, -0.2) is 4.79 Å². The van der Waals surface area contributed by atoms with E-state index >= 15 is 0 Å². The first-order valence-corrected chi connectivity index (χ1v) is 7.07. The van der Waals surface area contributed by atoms with Crippen LogP contribution in [0.15, 0.2) is 17.1 Å². The molecule has 1 aromatic rings. The fraction of sp³-hybridized carbons (Fsp3) is 0.556. The second-order valence-electron chi connectivity index (χ2n) is 4.22. The summed E-state index contributed by atoms with van der Waals surface area (Å²) in [5, 5.41) is 9.70. The molecule has 1 aliphatic heterocycles. The maximum atomic E-state index is 11.6. The molecule has 3 N–H and O–H groups in total. The van der Waals surface area contributed by atoms with Crippen molar-refractivity contribution in [2.75, 3.05) is 12.3 Å². The van der Waals surface area contributed by atoms with Crippen molar-refractivity contribution < 1.29 is 28.7 Å². The van der Waals surface area contributed by atoms with Crippen LogP contribution in [0.2, 0.25) is 0 Å². The number of nitrogen functional groups attached to an aromatic ring is 1. The van der Waals surface area contributed by atoms with E-state index in [1.165, 1.54) is 12.3 Å². The van der Waals surface area contributed by atoms with E-state index < -0.39 is 38.6 Å². The SMILES string of the molecule is Nc1ccn([C@H]2C[C@H](O)[C@@H](COP(=O)([O-])[O-])O2)c(=O)n1.[Na].[Na]. The Balaban J connectivity index is 0.00000220. The van der Waals surface area contributed by atoms with E-state index in [1.807, 2.05) is 0 Å². The van der Waals surface area contributed by atoms with Crippen molar-refractivity contribution in [2.24, 2.45) is 0 Å². The predicted molar refractivity (Wildman–Crippen MR) is 72.5 cm³/mol. The van der Waals surface area contributed by atoms with E-state index in [9.17, 15) is 24.3 Å². The normalized spacial score (nSPS) is 24.4. The summed E-state index contributed by atoms with van der Waals surface area (Å²) in [6, 6.07) is 1.38. The van der Waals surface area contributed by atoms with Crippen LogP contribution in [-0.2, 0) is 13.8 Å². The Morgan fingerprint density at radius 2 is 2.18 bits per heavy atom. The zero-order valence-electron chi connectivity index (χ0n) is 12.1. The zero-order valence-corrected chi connectivity index (χ0v) is 17.0. The summed E-state index contributed by atoms with van der Waals surface area (Å²) in [5.41, 5.74) is 4.68. The van der Waals surface area contributed by atoms with Gasteiger partial charge in [-0.05, 0) is 6.07 Å². The molecule has 2 rings (SSSR count). The molecule has 1 saturated heterocycles. The number of phosphoric acid groups is 1. The van der Waals surface area contributed by atoms with Crippen LogP contribution in [0, 0.1) is 0 Å². The molecule has 1 aromatic heterocycles. The van der Waals surface area contributed by atoms with E-state index in [1.54, 1.807) is 0 Å². The second kappa shape index (κ2) is 9.26. The van der Waals surface area contributed by atoms with Gasteiger partial charge in [-0.3, -0.25) is 4.57 Å². The van der Waals surface area contributed by atoms with Gasteiger partial charge in [0.2, 0.25) is 0 Å². The minimum atomic E-state index is -5.14. The molecule has 13 heteroatoms. The summed E-state index contributed by atoms with van der Waals surface area (Å²) in [5.74, 6) is 0.0447. The predicted octanol–water partition coefficient (Wildman–Crippen LogP) is -3.44. The van der Waals surface area contributed by atoms with Gasteiger partial charge in [-0.1, -0.05) is 0 Å². The molecule has 2 radical (unpaired) electrons. The van der Waals surface area contributed by atoms with E-state index in [0.29, 0.717) is 0 Å². The number of nitrogens with zero attached hydrogens (tertiary/aromatic N) is 2. The molecule has 0 spiro atoms. The fourth-order valence-corrected chi connectivity index (χ4v) is 2.18. The third-order valence-corrected chi connectivity index (χ3v) is 3.23. The van der Waals surface area contributed by atoms with Crippen molar-refractivity contribution in [3.8, 4) is 0 Å². The van der Waals surface area contributed by atoms with Gasteiger partial charge >= 0.3 is 5.69 Å². The largest absolute Gasteiger partial charge is 0.790 e. The number of hydrogen-bond donors (Lipinski definition) is 2. The molecule has 0 unspecified atom stereocenters. The number of anilines is 1. The van der Waals surface area contributed by atoms with Crippen molar-refractivity contribution in [3.63, 3.8) is 0 Å². The Kier molecular flexibility index (Phi) is 9.56. The van der Waals surface area contributed by atoms with Crippen molar-refractivity contribution in [3.05, 3.63) is 22.7 Å². The van der Waals surface area contributed by atoms with Gasteiger partial charge in [0.25, 0.3) is 0 Å². The van der Waals surface area contributed by atoms with E-state index in [4.69, 9.17) is 10.5 Å². The van der Waals surface area contributed by atoms with Crippen molar-refractivity contribution in [2.45, 2.75) is 24.9 Å². The van der Waals surface area contributed by atoms with Crippen molar-refractivity contribution in [1.29, 1.82) is 0 Å². The van der Waals surface area contributed by atoms with Gasteiger partial charge in [0.15, 0.2) is 0 Å². The molecule has 22 heavy (non-hydrogen) atoms. The van der Waals surface area contributed by atoms with Crippen LogP contribution < -0.4 is 21.2 Å². The summed E-state index contributed by atoms with van der Waals surface area (Å²) < 4.78 is 20.8. The third-order valence-electron chi connectivity index (χ3n) is 2.76. The summed E-state index contributed by atoms with van der Waals surface area (Å²) in [4.78, 5) is 35.8. The Morgan fingerprint density at radius 1 is 1.55 bits per heavy atom. The van der Waals surface area contributed by atoms with Gasteiger partial charge in [-0.15, -0.1) is 0 Å². The summed E-state index contributed by atoms with van der Waals surface area (Å²) in [7, 11) is -5.14. The van der Waals surface area contributed by atoms with Gasteiger partial charge in [-0.2, -0.15) is 4.98 Å². The van der Waals surface area contributed by atoms with Crippen LogP contribution in [0.4, 0.5) is 5.82 Å². The Morgan fingerprint density at radius 3 is 2.73 bits per heavy atom. The van der Waals surface area contributed by atoms with E-state index in [0.717, 1.165) is 4.57 Å². The molecule has 3 atom stereocenters. The Hall–Kier alpha value is 0.710. The molecule has 0 amide bonds. The average Bonchev–Trinajstić information content (AvgIpc) is 2.67. The number of nitrogens with two attached hydrogens (primary N) is 1. The smallest absolute Gasteiger partial charge is 0.351 e. The summed E-state index contributed by atoms with van der Waals surface area (Å²) >= 11 is 0. The van der Waals surface area contributed by atoms with Gasteiger partial charge < -0.3 is 34.5 Å². The van der Waals surface area contributed by atoms with E-state index in [-0.39, 0.29) is 71.4 Å². The summed E-state index contributed by atoms with van der Waals surface area (Å²) in [6.45, 7) is -0.612. The summed E-state index contributed by atoms with van der Waals surface area (Å²) in [6.07, 6.45) is -1.56. The second-order valence-corrected chi connectivity index (χ2v) is 5.37. The number of rotatable bonds is 4. The van der Waals surface area contributed by atoms with Crippen molar-refractivity contribution in [1.82, 2.24) is 9.55 Å². The molecule has 114 valence electrons. The third kappa shape index (κ3) is 6.31. The molecule has 1 fully saturated rings. The number of aliphatic hydroxyl groups is 1. The minimum absolute atomic E-state index is 0. The maximum absolute atomic E-state index is 11.6. The fourth-order valence-electron chi connectivity index (χ4n) is 1.85.